The van der Waals surface area contributed by atoms with Gasteiger partial charge in [-0.1, -0.05) is 6.92 Å². The molecule has 0 bridgehead atoms. The number of unbranched alkanes of at least 4 members (excludes halogenated alkanes) is 1. The molecule has 0 spiro atoms. The van der Waals surface area contributed by atoms with E-state index in [4.69, 9.17) is 0 Å². The number of hydrogen-bond donors (Lipinski definition) is 1. The molecule has 0 aromatic heterocycles. The van der Waals surface area contributed by atoms with Crippen LogP contribution in [0.4, 0.5) is 0 Å². The van der Waals surface area contributed by atoms with Crippen LogP contribution >= 0.6 is 0 Å². The maximum atomic E-state index is 3.55. The second-order valence-electron chi connectivity index (χ2n) is 6.53. The monoisotopic (exact) mass is 257 g/mol. The van der Waals surface area contributed by atoms with Crippen molar-refractivity contribution in [3.63, 3.8) is 0 Å². The molecule has 0 unspecified atom stereocenters. The predicted molar refractivity (Wildman–Crippen MR) is 82.3 cm³/mol. The van der Waals surface area contributed by atoms with Gasteiger partial charge in [-0.05, 0) is 73.8 Å². The molecule has 0 saturated carbocycles. The topological polar surface area (TPSA) is 18.5 Å². The smallest absolute Gasteiger partial charge is 0.0109 e. The summed E-state index contributed by atoms with van der Waals surface area (Å²) in [6.45, 7) is 14.9. The second kappa shape index (κ2) is 9.76. The van der Waals surface area contributed by atoms with Gasteiger partial charge in [0.15, 0.2) is 0 Å². The van der Waals surface area contributed by atoms with E-state index >= 15 is 0 Å². The van der Waals surface area contributed by atoms with Gasteiger partial charge in [0.25, 0.3) is 0 Å². The fraction of sp³-hybridized carbons (Fsp3) is 1.00. The standard InChI is InChI=1S/C15H35N3/c1-7-11-18(14-13-17(5)6)12-9-8-10-16-15(2,3)4/h16H,7-14H2,1-6H3. The Balaban J connectivity index is 3.63. The molecule has 0 saturated heterocycles. The van der Waals surface area contributed by atoms with Gasteiger partial charge in [0.1, 0.15) is 0 Å². The van der Waals surface area contributed by atoms with Gasteiger partial charge in [0.05, 0.1) is 0 Å². The van der Waals surface area contributed by atoms with E-state index < -0.39 is 0 Å². The molecule has 0 atom stereocenters. The molecule has 0 aromatic carbocycles. The summed E-state index contributed by atoms with van der Waals surface area (Å²) in [5.74, 6) is 0. The van der Waals surface area contributed by atoms with Gasteiger partial charge in [0, 0.05) is 18.6 Å². The van der Waals surface area contributed by atoms with Crippen molar-refractivity contribution in [3.8, 4) is 0 Å². The highest BCUT2D eigenvalue weighted by Crippen LogP contribution is 2.01. The molecule has 0 aliphatic carbocycles. The summed E-state index contributed by atoms with van der Waals surface area (Å²) in [6, 6.07) is 0. The molecular formula is C15H35N3. The molecule has 0 aliphatic heterocycles. The Labute approximate surface area is 115 Å². The summed E-state index contributed by atoms with van der Waals surface area (Å²) in [5.41, 5.74) is 0.258. The molecule has 1 N–H and O–H groups in total. The minimum absolute atomic E-state index is 0.258. The largest absolute Gasteiger partial charge is 0.312 e. The van der Waals surface area contributed by atoms with Gasteiger partial charge < -0.3 is 15.1 Å². The predicted octanol–water partition coefficient (Wildman–Crippen LogP) is 2.43. The van der Waals surface area contributed by atoms with Crippen molar-refractivity contribution >= 4 is 0 Å². The van der Waals surface area contributed by atoms with E-state index in [1.165, 1.54) is 45.4 Å². The molecular weight excluding hydrogens is 222 g/mol. The first-order valence-electron chi connectivity index (χ1n) is 7.47. The number of nitrogens with zero attached hydrogens (tertiary/aromatic N) is 2. The quantitative estimate of drug-likeness (QED) is 0.606. The maximum Gasteiger partial charge on any atom is 0.0109 e. The van der Waals surface area contributed by atoms with Gasteiger partial charge in [-0.15, -0.1) is 0 Å². The van der Waals surface area contributed by atoms with Gasteiger partial charge in [0.2, 0.25) is 0 Å². The zero-order valence-electron chi connectivity index (χ0n) is 13.6. The molecule has 0 heterocycles. The van der Waals surface area contributed by atoms with Crippen molar-refractivity contribution in [2.75, 3.05) is 46.8 Å². The molecule has 0 aromatic rings. The molecule has 0 amide bonds. The van der Waals surface area contributed by atoms with E-state index in [-0.39, 0.29) is 5.54 Å². The molecule has 0 aliphatic rings. The summed E-state index contributed by atoms with van der Waals surface area (Å²) < 4.78 is 0. The van der Waals surface area contributed by atoms with Gasteiger partial charge in [-0.3, -0.25) is 0 Å². The number of likely N-dealkylation sites (N-methyl/N-ethyl adjacent to an activating group) is 1. The highest BCUT2D eigenvalue weighted by Gasteiger charge is 2.08. The van der Waals surface area contributed by atoms with Crippen LogP contribution in [-0.4, -0.2) is 62.2 Å². The van der Waals surface area contributed by atoms with Gasteiger partial charge in [-0.25, -0.2) is 0 Å². The first-order chi connectivity index (χ1) is 8.35. The molecule has 0 radical (unpaired) electrons. The third kappa shape index (κ3) is 12.3. The van der Waals surface area contributed by atoms with Crippen molar-refractivity contribution < 1.29 is 0 Å². The Bertz CT molecular complexity index is 185. The third-order valence-electron chi connectivity index (χ3n) is 2.96. The van der Waals surface area contributed by atoms with Crippen molar-refractivity contribution in [2.45, 2.75) is 52.5 Å². The SMILES string of the molecule is CCCN(CCCCNC(C)(C)C)CCN(C)C. The average molecular weight is 257 g/mol. The van der Waals surface area contributed by atoms with Crippen LogP contribution in [0.5, 0.6) is 0 Å². The molecule has 0 rings (SSSR count). The Morgan fingerprint density at radius 3 is 2.06 bits per heavy atom. The van der Waals surface area contributed by atoms with E-state index in [0.29, 0.717) is 0 Å². The van der Waals surface area contributed by atoms with Crippen LogP contribution in [0, 0.1) is 0 Å². The summed E-state index contributed by atoms with van der Waals surface area (Å²) in [5, 5.41) is 3.55. The summed E-state index contributed by atoms with van der Waals surface area (Å²) >= 11 is 0. The first-order valence-corrected chi connectivity index (χ1v) is 7.47. The molecule has 110 valence electrons. The zero-order valence-corrected chi connectivity index (χ0v) is 13.6. The van der Waals surface area contributed by atoms with E-state index in [9.17, 15) is 0 Å². The Hall–Kier alpha value is -0.120. The zero-order chi connectivity index (χ0) is 14.0. The van der Waals surface area contributed by atoms with Crippen LogP contribution in [0.2, 0.25) is 0 Å². The van der Waals surface area contributed by atoms with Crippen LogP contribution < -0.4 is 5.32 Å². The lowest BCUT2D eigenvalue weighted by Gasteiger charge is -2.24. The highest BCUT2D eigenvalue weighted by molar-refractivity contribution is 4.70. The fourth-order valence-corrected chi connectivity index (χ4v) is 1.92. The lowest BCUT2D eigenvalue weighted by atomic mass is 10.1. The second-order valence-corrected chi connectivity index (χ2v) is 6.53. The van der Waals surface area contributed by atoms with E-state index in [2.05, 4.69) is 56.9 Å². The molecule has 18 heavy (non-hydrogen) atoms. The average Bonchev–Trinajstić information content (AvgIpc) is 2.23. The molecule has 0 fully saturated rings. The third-order valence-corrected chi connectivity index (χ3v) is 2.96. The van der Waals surface area contributed by atoms with Gasteiger partial charge >= 0.3 is 0 Å². The number of rotatable bonds is 10. The maximum absolute atomic E-state index is 3.55. The normalized spacial score (nSPS) is 12.7. The lowest BCUT2D eigenvalue weighted by Crippen LogP contribution is -2.37. The fourth-order valence-electron chi connectivity index (χ4n) is 1.92. The molecule has 3 nitrogen and oxygen atoms in total. The van der Waals surface area contributed by atoms with Gasteiger partial charge in [-0.2, -0.15) is 0 Å². The van der Waals surface area contributed by atoms with Crippen LogP contribution in [0.3, 0.4) is 0 Å². The summed E-state index contributed by atoms with van der Waals surface area (Å²) in [4.78, 5) is 4.86. The molecule has 3 heteroatoms. The Kier molecular flexibility index (Phi) is 9.70. The van der Waals surface area contributed by atoms with Crippen LogP contribution in [0.15, 0.2) is 0 Å². The first kappa shape index (κ1) is 17.9. The van der Waals surface area contributed by atoms with Crippen LogP contribution in [-0.2, 0) is 0 Å². The highest BCUT2D eigenvalue weighted by atomic mass is 15.2. The minimum Gasteiger partial charge on any atom is -0.312 e. The Morgan fingerprint density at radius 2 is 1.56 bits per heavy atom. The Morgan fingerprint density at radius 1 is 0.889 bits per heavy atom. The van der Waals surface area contributed by atoms with Crippen molar-refractivity contribution in [3.05, 3.63) is 0 Å². The van der Waals surface area contributed by atoms with Crippen LogP contribution in [0.25, 0.3) is 0 Å². The minimum atomic E-state index is 0.258. The summed E-state index contributed by atoms with van der Waals surface area (Å²) in [7, 11) is 4.30. The van der Waals surface area contributed by atoms with Crippen molar-refractivity contribution in [2.24, 2.45) is 0 Å². The lowest BCUT2D eigenvalue weighted by molar-refractivity contribution is 0.236. The summed E-state index contributed by atoms with van der Waals surface area (Å²) in [6.07, 6.45) is 3.84. The number of hydrogen-bond acceptors (Lipinski definition) is 3. The van der Waals surface area contributed by atoms with E-state index in [1.54, 1.807) is 0 Å². The van der Waals surface area contributed by atoms with Crippen LogP contribution in [0.1, 0.15) is 47.0 Å². The van der Waals surface area contributed by atoms with E-state index in [1.807, 2.05) is 0 Å². The van der Waals surface area contributed by atoms with Crippen molar-refractivity contribution in [1.82, 2.24) is 15.1 Å². The van der Waals surface area contributed by atoms with E-state index in [0.717, 1.165) is 6.54 Å². The number of nitrogens with one attached hydrogen (secondary N) is 1. The van der Waals surface area contributed by atoms with Crippen molar-refractivity contribution in [1.29, 1.82) is 0 Å².